The second-order valence-electron chi connectivity index (χ2n) is 4.63. The molecule has 1 atom stereocenters. The third-order valence-electron chi connectivity index (χ3n) is 2.80. The third kappa shape index (κ3) is 6.44. The van der Waals surface area contributed by atoms with Gasteiger partial charge in [0.25, 0.3) is 5.91 Å². The molecule has 1 aromatic carbocycles. The van der Waals surface area contributed by atoms with E-state index in [1.54, 1.807) is 6.07 Å². The molecule has 1 amide bonds. The lowest BCUT2D eigenvalue weighted by atomic mass is 10.3. The Kier molecular flexibility index (Phi) is 7.66. The summed E-state index contributed by atoms with van der Waals surface area (Å²) in [7, 11) is 0. The average molecular weight is 597 g/mol. The summed E-state index contributed by atoms with van der Waals surface area (Å²) in [6.07, 6.45) is -1.09. The molecule has 0 bridgehead atoms. The highest BCUT2D eigenvalue weighted by molar-refractivity contribution is 14.1. The normalized spacial score (nSPS) is 12.4. The molecule has 0 saturated heterocycles. The molecule has 0 aliphatic rings. The SMILES string of the molecule is O=C(NC(NC(=S)Nc1ccccc1I)C(Cl)(Cl)Cl)c1ccc(Br)o1. The van der Waals surface area contributed by atoms with Crippen LogP contribution in [-0.4, -0.2) is 21.0 Å². The Morgan fingerprint density at radius 1 is 1.20 bits per heavy atom. The molecule has 3 N–H and O–H groups in total. The van der Waals surface area contributed by atoms with Gasteiger partial charge < -0.3 is 20.4 Å². The average Bonchev–Trinajstić information content (AvgIpc) is 2.94. The first-order chi connectivity index (χ1) is 11.7. The van der Waals surface area contributed by atoms with Gasteiger partial charge in [0, 0.05) is 3.57 Å². The predicted molar refractivity (Wildman–Crippen MR) is 116 cm³/mol. The van der Waals surface area contributed by atoms with Gasteiger partial charge in [-0.1, -0.05) is 46.9 Å². The zero-order valence-corrected chi connectivity index (χ0v) is 19.0. The van der Waals surface area contributed by atoms with E-state index in [4.69, 9.17) is 51.4 Å². The van der Waals surface area contributed by atoms with Crippen molar-refractivity contribution in [2.75, 3.05) is 5.32 Å². The molecule has 0 aliphatic heterocycles. The number of hydrogen-bond acceptors (Lipinski definition) is 3. The van der Waals surface area contributed by atoms with Crippen molar-refractivity contribution in [2.45, 2.75) is 9.96 Å². The van der Waals surface area contributed by atoms with Crippen LogP contribution < -0.4 is 16.0 Å². The molecule has 0 saturated carbocycles. The van der Waals surface area contributed by atoms with E-state index in [2.05, 4.69) is 54.5 Å². The minimum atomic E-state index is -1.85. The van der Waals surface area contributed by atoms with E-state index in [-0.39, 0.29) is 10.9 Å². The zero-order chi connectivity index (χ0) is 18.6. The summed E-state index contributed by atoms with van der Waals surface area (Å²) < 4.78 is 4.69. The lowest BCUT2D eigenvalue weighted by molar-refractivity contribution is 0.0905. The fraction of sp³-hybridized carbons (Fsp3) is 0.143. The van der Waals surface area contributed by atoms with E-state index >= 15 is 0 Å². The summed E-state index contributed by atoms with van der Waals surface area (Å²) in [4.78, 5) is 12.2. The van der Waals surface area contributed by atoms with Crippen molar-refractivity contribution < 1.29 is 9.21 Å². The third-order valence-corrected chi connectivity index (χ3v) is 5.04. The monoisotopic (exact) mass is 595 g/mol. The number of carbonyl (C=O) groups is 1. The van der Waals surface area contributed by atoms with Gasteiger partial charge in [-0.3, -0.25) is 4.79 Å². The van der Waals surface area contributed by atoms with E-state index in [1.165, 1.54) is 6.07 Å². The molecule has 2 aromatic rings. The molecule has 134 valence electrons. The Morgan fingerprint density at radius 2 is 1.88 bits per heavy atom. The minimum absolute atomic E-state index is 0.0596. The van der Waals surface area contributed by atoms with Crippen LogP contribution in [0.1, 0.15) is 10.6 Å². The maximum atomic E-state index is 12.2. The molecule has 5 nitrogen and oxygen atoms in total. The number of para-hydroxylation sites is 1. The summed E-state index contributed by atoms with van der Waals surface area (Å²) >= 11 is 28.3. The number of rotatable bonds is 4. The number of furan rings is 1. The first kappa shape index (κ1) is 21.0. The van der Waals surface area contributed by atoms with Crippen molar-refractivity contribution in [1.82, 2.24) is 10.6 Å². The Labute approximate surface area is 186 Å². The smallest absolute Gasteiger partial charge is 0.288 e. The van der Waals surface area contributed by atoms with Crippen molar-refractivity contribution in [3.63, 3.8) is 0 Å². The second kappa shape index (κ2) is 9.09. The van der Waals surface area contributed by atoms with Gasteiger partial charge in [0.2, 0.25) is 3.79 Å². The van der Waals surface area contributed by atoms with Gasteiger partial charge in [0.1, 0.15) is 6.17 Å². The van der Waals surface area contributed by atoms with Gasteiger partial charge in [-0.25, -0.2) is 0 Å². The maximum absolute atomic E-state index is 12.2. The van der Waals surface area contributed by atoms with Crippen LogP contribution in [0.15, 0.2) is 45.5 Å². The van der Waals surface area contributed by atoms with Crippen LogP contribution in [0.5, 0.6) is 0 Å². The van der Waals surface area contributed by atoms with Crippen LogP contribution in [0.25, 0.3) is 0 Å². The largest absolute Gasteiger partial charge is 0.444 e. The number of carbonyl (C=O) groups excluding carboxylic acids is 1. The van der Waals surface area contributed by atoms with Gasteiger partial charge >= 0.3 is 0 Å². The van der Waals surface area contributed by atoms with E-state index in [0.717, 1.165) is 9.26 Å². The second-order valence-corrected chi connectivity index (χ2v) is 9.35. The first-order valence-corrected chi connectivity index (χ1v) is 10.0. The van der Waals surface area contributed by atoms with E-state index in [9.17, 15) is 4.79 Å². The highest BCUT2D eigenvalue weighted by atomic mass is 127. The topological polar surface area (TPSA) is 66.3 Å². The maximum Gasteiger partial charge on any atom is 0.288 e. The van der Waals surface area contributed by atoms with Crippen LogP contribution in [0.4, 0.5) is 5.69 Å². The van der Waals surface area contributed by atoms with Crippen molar-refractivity contribution in [3.8, 4) is 0 Å². The van der Waals surface area contributed by atoms with Crippen molar-refractivity contribution in [3.05, 3.63) is 50.4 Å². The van der Waals surface area contributed by atoms with Crippen LogP contribution >= 0.6 is 85.5 Å². The number of thiocarbonyl (C=S) groups is 1. The van der Waals surface area contributed by atoms with Gasteiger partial charge in [-0.15, -0.1) is 0 Å². The number of halogens is 5. The number of anilines is 1. The van der Waals surface area contributed by atoms with E-state index < -0.39 is 15.9 Å². The Bertz CT molecular complexity index is 785. The summed E-state index contributed by atoms with van der Waals surface area (Å²) in [5, 5.41) is 8.47. The van der Waals surface area contributed by atoms with Crippen molar-refractivity contribution in [2.24, 2.45) is 0 Å². The fourth-order valence-electron chi connectivity index (χ4n) is 1.69. The van der Waals surface area contributed by atoms with Crippen LogP contribution in [0, 0.1) is 3.57 Å². The first-order valence-electron chi connectivity index (χ1n) is 6.62. The quantitative estimate of drug-likeness (QED) is 0.199. The van der Waals surface area contributed by atoms with E-state index in [1.807, 2.05) is 24.3 Å². The molecule has 2 rings (SSSR count). The number of amides is 1. The molecule has 0 fully saturated rings. The van der Waals surface area contributed by atoms with Crippen molar-refractivity contribution >= 4 is 102 Å². The number of benzene rings is 1. The van der Waals surface area contributed by atoms with Gasteiger partial charge in [0.15, 0.2) is 15.5 Å². The summed E-state index contributed by atoms with van der Waals surface area (Å²) in [6.45, 7) is 0. The molecule has 0 spiro atoms. The highest BCUT2D eigenvalue weighted by Gasteiger charge is 2.35. The molecule has 0 aliphatic carbocycles. The summed E-state index contributed by atoms with van der Waals surface area (Å²) in [5.41, 5.74) is 0.782. The molecular weight excluding hydrogens is 587 g/mol. The van der Waals surface area contributed by atoms with Gasteiger partial charge in [-0.2, -0.15) is 0 Å². The van der Waals surface area contributed by atoms with Crippen LogP contribution in [0.2, 0.25) is 0 Å². The standard InChI is InChI=1S/C14H10BrCl3IN3O2S/c15-10-6-5-9(24-10)11(23)21-12(14(16,17)18)22-13(25)20-8-4-2-1-3-7(8)19/h1-6,12H,(H,21,23)(H2,20,22,25). The highest BCUT2D eigenvalue weighted by Crippen LogP contribution is 2.29. The molecule has 11 heteroatoms. The molecule has 25 heavy (non-hydrogen) atoms. The zero-order valence-electron chi connectivity index (χ0n) is 12.2. The lowest BCUT2D eigenvalue weighted by Gasteiger charge is -2.27. The Balaban J connectivity index is 2.06. The molecule has 1 unspecified atom stereocenters. The molecule has 0 radical (unpaired) electrons. The van der Waals surface area contributed by atoms with Gasteiger partial charge in [0.05, 0.1) is 5.69 Å². The fourth-order valence-corrected chi connectivity index (χ4v) is 3.07. The van der Waals surface area contributed by atoms with E-state index in [0.29, 0.717) is 4.67 Å². The lowest BCUT2D eigenvalue weighted by Crippen LogP contribution is -2.56. The molecular formula is C14H10BrCl3IN3O2S. The van der Waals surface area contributed by atoms with Gasteiger partial charge in [-0.05, 0) is 75.0 Å². The van der Waals surface area contributed by atoms with Crippen LogP contribution in [-0.2, 0) is 0 Å². The van der Waals surface area contributed by atoms with Crippen molar-refractivity contribution in [1.29, 1.82) is 0 Å². The number of hydrogen-bond donors (Lipinski definition) is 3. The minimum Gasteiger partial charge on any atom is -0.444 e. The summed E-state index contributed by atoms with van der Waals surface area (Å²) in [5.74, 6) is -0.504. The Morgan fingerprint density at radius 3 is 2.44 bits per heavy atom. The molecule has 1 heterocycles. The number of nitrogens with one attached hydrogen (secondary N) is 3. The summed E-state index contributed by atoms with van der Waals surface area (Å²) in [6, 6.07) is 10.6. The predicted octanol–water partition coefficient (Wildman–Crippen LogP) is 5.06. The molecule has 1 aromatic heterocycles. The number of alkyl halides is 3. The Hall–Kier alpha value is -0.260. The van der Waals surface area contributed by atoms with Crippen LogP contribution in [0.3, 0.4) is 0 Å².